The third kappa shape index (κ3) is 2.30. The molecular formula is C8H7BrFNO. The zero-order valence-electron chi connectivity index (χ0n) is 6.18. The van der Waals surface area contributed by atoms with E-state index in [1.54, 1.807) is 12.1 Å². The number of benzene rings is 1. The molecule has 1 N–H and O–H groups in total. The van der Waals surface area contributed by atoms with Crippen LogP contribution in [0.5, 0.6) is 0 Å². The average molecular weight is 232 g/mol. The Bertz CT molecular complexity index is 290. The van der Waals surface area contributed by atoms with Gasteiger partial charge in [-0.05, 0) is 18.2 Å². The van der Waals surface area contributed by atoms with Crippen LogP contribution in [0.1, 0.15) is 0 Å². The van der Waals surface area contributed by atoms with Gasteiger partial charge in [-0.1, -0.05) is 15.9 Å². The van der Waals surface area contributed by atoms with E-state index in [0.717, 1.165) is 4.47 Å². The summed E-state index contributed by atoms with van der Waals surface area (Å²) in [4.78, 5) is 9.98. The van der Waals surface area contributed by atoms with E-state index in [9.17, 15) is 9.18 Å². The largest absolute Gasteiger partial charge is 0.376 e. The molecule has 0 aliphatic heterocycles. The van der Waals surface area contributed by atoms with Gasteiger partial charge in [0.25, 0.3) is 0 Å². The van der Waals surface area contributed by atoms with Gasteiger partial charge < -0.3 is 10.1 Å². The van der Waals surface area contributed by atoms with Gasteiger partial charge in [0, 0.05) is 4.47 Å². The van der Waals surface area contributed by atoms with E-state index in [0.29, 0.717) is 12.0 Å². The number of carbonyl (C=O) groups is 1. The molecule has 0 unspecified atom stereocenters. The summed E-state index contributed by atoms with van der Waals surface area (Å²) >= 11 is 3.19. The summed E-state index contributed by atoms with van der Waals surface area (Å²) in [6.45, 7) is 0.118. The highest BCUT2D eigenvalue weighted by atomic mass is 79.9. The Morgan fingerprint density at radius 2 is 2.33 bits per heavy atom. The molecule has 0 spiro atoms. The van der Waals surface area contributed by atoms with E-state index in [1.165, 1.54) is 6.07 Å². The number of aldehydes is 1. The van der Waals surface area contributed by atoms with Crippen molar-refractivity contribution >= 4 is 27.9 Å². The Kier molecular flexibility index (Phi) is 3.22. The van der Waals surface area contributed by atoms with Gasteiger partial charge in [0.05, 0.1) is 12.2 Å². The lowest BCUT2D eigenvalue weighted by atomic mass is 10.3. The summed E-state index contributed by atoms with van der Waals surface area (Å²) in [7, 11) is 0. The van der Waals surface area contributed by atoms with Crippen LogP contribution in [-0.2, 0) is 4.79 Å². The van der Waals surface area contributed by atoms with Gasteiger partial charge in [0.1, 0.15) is 12.1 Å². The number of hydrogen-bond acceptors (Lipinski definition) is 2. The molecule has 0 saturated heterocycles. The minimum atomic E-state index is -0.361. The second kappa shape index (κ2) is 4.21. The molecule has 1 aromatic rings. The monoisotopic (exact) mass is 231 g/mol. The first-order valence-corrected chi connectivity index (χ1v) is 4.16. The molecule has 4 heteroatoms. The van der Waals surface area contributed by atoms with Crippen molar-refractivity contribution < 1.29 is 9.18 Å². The summed E-state index contributed by atoms with van der Waals surface area (Å²) in [5.41, 5.74) is 0.330. The van der Waals surface area contributed by atoms with Crippen LogP contribution in [-0.4, -0.2) is 12.8 Å². The number of anilines is 1. The molecular weight excluding hydrogens is 225 g/mol. The van der Waals surface area contributed by atoms with Crippen molar-refractivity contribution in [1.29, 1.82) is 0 Å². The van der Waals surface area contributed by atoms with E-state index in [2.05, 4.69) is 21.2 Å². The molecule has 0 radical (unpaired) electrons. The van der Waals surface area contributed by atoms with Crippen LogP contribution in [0.2, 0.25) is 0 Å². The number of nitrogens with one attached hydrogen (secondary N) is 1. The lowest BCUT2D eigenvalue weighted by molar-refractivity contribution is -0.106. The van der Waals surface area contributed by atoms with Crippen molar-refractivity contribution in [1.82, 2.24) is 0 Å². The minimum Gasteiger partial charge on any atom is -0.376 e. The van der Waals surface area contributed by atoms with Crippen molar-refractivity contribution in [3.8, 4) is 0 Å². The SMILES string of the molecule is O=CCNc1cc(Br)ccc1F. The summed E-state index contributed by atoms with van der Waals surface area (Å²) in [6, 6.07) is 4.51. The van der Waals surface area contributed by atoms with Crippen LogP contribution in [0, 0.1) is 5.82 Å². The second-order valence-corrected chi connectivity index (χ2v) is 3.09. The Morgan fingerprint density at radius 3 is 3.00 bits per heavy atom. The van der Waals surface area contributed by atoms with Crippen LogP contribution in [0.3, 0.4) is 0 Å². The Labute approximate surface area is 77.9 Å². The molecule has 0 aromatic heterocycles. The van der Waals surface area contributed by atoms with Gasteiger partial charge in [-0.2, -0.15) is 0 Å². The fourth-order valence-corrected chi connectivity index (χ4v) is 1.15. The van der Waals surface area contributed by atoms with E-state index >= 15 is 0 Å². The van der Waals surface area contributed by atoms with Crippen molar-refractivity contribution in [3.63, 3.8) is 0 Å². The quantitative estimate of drug-likeness (QED) is 0.809. The Balaban J connectivity index is 2.82. The molecule has 0 aliphatic carbocycles. The highest BCUT2D eigenvalue weighted by Gasteiger charge is 2.00. The Morgan fingerprint density at radius 1 is 1.58 bits per heavy atom. The molecule has 0 fully saturated rings. The number of rotatable bonds is 3. The molecule has 64 valence electrons. The van der Waals surface area contributed by atoms with E-state index < -0.39 is 0 Å². The van der Waals surface area contributed by atoms with Gasteiger partial charge in [0.2, 0.25) is 0 Å². The van der Waals surface area contributed by atoms with Gasteiger partial charge in [-0.25, -0.2) is 4.39 Å². The first-order valence-electron chi connectivity index (χ1n) is 3.36. The standard InChI is InChI=1S/C8H7BrFNO/c9-6-1-2-7(10)8(5-6)11-3-4-12/h1-2,4-5,11H,3H2. The van der Waals surface area contributed by atoms with Gasteiger partial charge in [-0.3, -0.25) is 0 Å². The zero-order valence-corrected chi connectivity index (χ0v) is 7.77. The molecule has 0 saturated carbocycles. The third-order valence-corrected chi connectivity index (χ3v) is 1.80. The van der Waals surface area contributed by atoms with Gasteiger partial charge in [0.15, 0.2) is 0 Å². The molecule has 0 heterocycles. The van der Waals surface area contributed by atoms with Crippen LogP contribution in [0.4, 0.5) is 10.1 Å². The van der Waals surface area contributed by atoms with Crippen LogP contribution in [0.15, 0.2) is 22.7 Å². The molecule has 2 nitrogen and oxygen atoms in total. The van der Waals surface area contributed by atoms with Crippen molar-refractivity contribution in [2.24, 2.45) is 0 Å². The van der Waals surface area contributed by atoms with Gasteiger partial charge in [-0.15, -0.1) is 0 Å². The molecule has 0 aliphatic rings. The Hall–Kier alpha value is -0.900. The van der Waals surface area contributed by atoms with Gasteiger partial charge >= 0.3 is 0 Å². The van der Waals surface area contributed by atoms with Crippen molar-refractivity contribution in [2.75, 3.05) is 11.9 Å². The molecule has 0 amide bonds. The minimum absolute atomic E-state index is 0.118. The second-order valence-electron chi connectivity index (χ2n) is 2.17. The fraction of sp³-hybridized carbons (Fsp3) is 0.125. The van der Waals surface area contributed by atoms with E-state index in [1.807, 2.05) is 0 Å². The van der Waals surface area contributed by atoms with Crippen molar-refractivity contribution in [2.45, 2.75) is 0 Å². The molecule has 0 bridgehead atoms. The van der Waals surface area contributed by atoms with Crippen molar-refractivity contribution in [3.05, 3.63) is 28.5 Å². The molecule has 1 rings (SSSR count). The van der Waals surface area contributed by atoms with Crippen LogP contribution < -0.4 is 5.32 Å². The number of carbonyl (C=O) groups excluding carboxylic acids is 1. The summed E-state index contributed by atoms with van der Waals surface area (Å²) in [5.74, 6) is -0.361. The average Bonchev–Trinajstić information content (AvgIpc) is 2.07. The number of hydrogen-bond donors (Lipinski definition) is 1. The first-order chi connectivity index (χ1) is 5.74. The summed E-state index contributed by atoms with van der Waals surface area (Å²) < 4.78 is 13.7. The first kappa shape index (κ1) is 9.19. The predicted molar refractivity (Wildman–Crippen MR) is 48.7 cm³/mol. The molecule has 12 heavy (non-hydrogen) atoms. The molecule has 0 atom stereocenters. The maximum absolute atomic E-state index is 12.9. The lowest BCUT2D eigenvalue weighted by Crippen LogP contribution is -2.03. The smallest absolute Gasteiger partial charge is 0.146 e. The maximum Gasteiger partial charge on any atom is 0.146 e. The fourth-order valence-electron chi connectivity index (χ4n) is 0.785. The highest BCUT2D eigenvalue weighted by Crippen LogP contribution is 2.19. The van der Waals surface area contributed by atoms with Crippen LogP contribution in [0.25, 0.3) is 0 Å². The summed E-state index contributed by atoms with van der Waals surface area (Å²) in [6.07, 6.45) is 0.681. The zero-order chi connectivity index (χ0) is 8.97. The topological polar surface area (TPSA) is 29.1 Å². The maximum atomic E-state index is 12.9. The highest BCUT2D eigenvalue weighted by molar-refractivity contribution is 9.10. The van der Waals surface area contributed by atoms with Crippen LogP contribution >= 0.6 is 15.9 Å². The predicted octanol–water partition coefficient (Wildman–Crippen LogP) is 2.20. The molecule has 1 aromatic carbocycles. The summed E-state index contributed by atoms with van der Waals surface area (Å²) in [5, 5.41) is 2.63. The lowest BCUT2D eigenvalue weighted by Gasteiger charge is -2.03. The van der Waals surface area contributed by atoms with E-state index in [4.69, 9.17) is 0 Å². The third-order valence-electron chi connectivity index (χ3n) is 1.30. The normalized spacial score (nSPS) is 9.50. The van der Waals surface area contributed by atoms with E-state index in [-0.39, 0.29) is 12.4 Å². The number of halogens is 2.